The average molecular weight is 733 g/mol. The maximum Gasteiger partial charge on any atom is 0.417 e. The lowest BCUT2D eigenvalue weighted by atomic mass is 10.0. The van der Waals surface area contributed by atoms with E-state index in [1.165, 1.54) is 6.07 Å². The number of nitrogens with zero attached hydrogens (tertiary/aromatic N) is 2. The van der Waals surface area contributed by atoms with Crippen molar-refractivity contribution in [1.29, 1.82) is 0 Å². The smallest absolute Gasteiger partial charge is 0.417 e. The van der Waals surface area contributed by atoms with Crippen LogP contribution >= 0.6 is 0 Å². The summed E-state index contributed by atoms with van der Waals surface area (Å²) in [5, 5.41) is 23.1. The van der Waals surface area contributed by atoms with Gasteiger partial charge in [-0.25, -0.2) is 4.79 Å². The maximum atomic E-state index is 14.0. The molecule has 2 aliphatic heterocycles. The molecule has 5 amide bonds. The summed E-state index contributed by atoms with van der Waals surface area (Å²) in [6, 6.07) is -3.70. The molecule has 0 radical (unpaired) electrons. The van der Waals surface area contributed by atoms with Crippen LogP contribution in [0.5, 0.6) is 0 Å². The van der Waals surface area contributed by atoms with E-state index in [4.69, 9.17) is 4.52 Å². The molecule has 2 fully saturated rings. The van der Waals surface area contributed by atoms with E-state index < -0.39 is 102 Å². The van der Waals surface area contributed by atoms with Crippen molar-refractivity contribution in [2.75, 3.05) is 13.1 Å². The Hall–Kier alpha value is -5.17. The molecule has 0 spiro atoms. The Morgan fingerprint density at radius 1 is 1.02 bits per heavy atom. The van der Waals surface area contributed by atoms with Crippen LogP contribution in [-0.4, -0.2) is 87.9 Å². The summed E-state index contributed by atoms with van der Waals surface area (Å²) >= 11 is 0. The van der Waals surface area contributed by atoms with Crippen LogP contribution in [-0.2, 0) is 42.7 Å². The van der Waals surface area contributed by atoms with Crippen molar-refractivity contribution in [1.82, 2.24) is 31.3 Å². The molecule has 0 bridgehead atoms. The summed E-state index contributed by atoms with van der Waals surface area (Å²) in [7, 11) is 0. The van der Waals surface area contributed by atoms with Crippen LogP contribution in [0.3, 0.4) is 0 Å². The lowest BCUT2D eigenvalue weighted by molar-refractivity contribution is -0.145. The number of carbonyl (C=O) groups excluding carboxylic acids is 5. The molecule has 278 valence electrons. The molecule has 3 heterocycles. The summed E-state index contributed by atoms with van der Waals surface area (Å²) in [5.41, 5.74) is -4.16. The summed E-state index contributed by atoms with van der Waals surface area (Å²) in [4.78, 5) is 78.8. The quantitative estimate of drug-likeness (QED) is 0.276. The first-order valence-electron chi connectivity index (χ1n) is 15.7. The number of amides is 5. The molecule has 2 aromatic rings. The number of rotatable bonds is 6. The number of nitrogens with one attached hydrogen (secondary N) is 4. The van der Waals surface area contributed by atoms with Crippen molar-refractivity contribution in [2.24, 2.45) is 0 Å². The lowest BCUT2D eigenvalue weighted by Crippen LogP contribution is -2.55. The van der Waals surface area contributed by atoms with E-state index in [1.54, 1.807) is 6.92 Å². The Kier molecular flexibility index (Phi) is 12.0. The van der Waals surface area contributed by atoms with Gasteiger partial charge >= 0.3 is 18.3 Å². The van der Waals surface area contributed by atoms with Gasteiger partial charge in [0.25, 0.3) is 5.91 Å². The number of alkyl halides is 6. The molecule has 0 saturated carbocycles. The number of benzene rings is 1. The Morgan fingerprint density at radius 2 is 1.75 bits per heavy atom. The monoisotopic (exact) mass is 732 g/mol. The average Bonchev–Trinajstić information content (AvgIpc) is 3.65. The van der Waals surface area contributed by atoms with Crippen LogP contribution in [0.15, 0.2) is 28.8 Å². The molecule has 5 N–H and O–H groups in total. The molecular weight excluding hydrogens is 698 g/mol. The number of hydrogen-bond acceptors (Lipinski definition) is 8. The molecule has 4 rings (SSSR count). The first-order chi connectivity index (χ1) is 23.8. The summed E-state index contributed by atoms with van der Waals surface area (Å²) in [6.45, 7) is 1.27. The van der Waals surface area contributed by atoms with Gasteiger partial charge in [0, 0.05) is 31.6 Å². The SMILES string of the molecule is Cc1cc(CC(=O)N[C@H]2CCCCNC(=O)CC[C@@H](C(=O)O)NC(=O)[C@@H]3C[C@@H](NC(=O)c4ccc(C(F)(F)F)cc4C(F)(F)F)CN3C2=O)on1. The second-order valence-corrected chi connectivity index (χ2v) is 12.2. The number of carboxylic acid groups (broad SMARTS) is 1. The Bertz CT molecular complexity index is 1660. The lowest BCUT2D eigenvalue weighted by Gasteiger charge is -2.29. The number of carbonyl (C=O) groups is 6. The molecule has 20 heteroatoms. The van der Waals surface area contributed by atoms with Crippen molar-refractivity contribution >= 4 is 35.5 Å². The topological polar surface area (TPSA) is 200 Å². The number of halogens is 6. The fraction of sp³-hybridized carbons (Fsp3) is 0.516. The normalized spacial score (nSPS) is 22.6. The van der Waals surface area contributed by atoms with Crippen molar-refractivity contribution < 1.29 is 64.7 Å². The predicted octanol–water partition coefficient (Wildman–Crippen LogP) is 2.10. The molecular formula is C31H34F6N6O8. The van der Waals surface area contributed by atoms with Gasteiger partial charge in [-0.1, -0.05) is 5.16 Å². The standard InChI is InChI=1S/C31H34F6N6O8/c1-15-10-18(51-42-15)13-25(45)40-21-4-2-3-9-38-24(44)8-7-22(29(49)50)41-27(47)23-12-17(14-43(23)28(21)48)39-26(46)19-6-5-16(30(32,33)34)11-20(19)31(35,36)37/h5-6,10-11,17,21-23H,2-4,7-9,12-14H2,1H3,(H,38,44)(H,39,46)(H,40,45)(H,41,47)(H,49,50)/t17-,21+,22+,23+/m1/s1. The van der Waals surface area contributed by atoms with E-state index in [-0.39, 0.29) is 50.5 Å². The van der Waals surface area contributed by atoms with E-state index in [9.17, 15) is 60.2 Å². The van der Waals surface area contributed by atoms with Gasteiger partial charge in [0.15, 0.2) is 0 Å². The van der Waals surface area contributed by atoms with E-state index in [0.717, 1.165) is 4.90 Å². The van der Waals surface area contributed by atoms with E-state index in [0.29, 0.717) is 24.2 Å². The third-order valence-electron chi connectivity index (χ3n) is 8.28. The van der Waals surface area contributed by atoms with Crippen molar-refractivity contribution in [3.8, 4) is 0 Å². The molecule has 0 aliphatic carbocycles. The highest BCUT2D eigenvalue weighted by Gasteiger charge is 2.45. The molecule has 1 aromatic carbocycles. The highest BCUT2D eigenvalue weighted by molar-refractivity contribution is 5.97. The highest BCUT2D eigenvalue weighted by Crippen LogP contribution is 2.37. The van der Waals surface area contributed by atoms with E-state index in [2.05, 4.69) is 26.4 Å². The first-order valence-corrected chi connectivity index (χ1v) is 15.7. The van der Waals surface area contributed by atoms with Crippen molar-refractivity contribution in [2.45, 2.75) is 88.4 Å². The van der Waals surface area contributed by atoms with Crippen LogP contribution in [0.2, 0.25) is 0 Å². The minimum Gasteiger partial charge on any atom is -0.480 e. The molecule has 4 atom stereocenters. The number of aromatic nitrogens is 1. The minimum atomic E-state index is -5.37. The van der Waals surface area contributed by atoms with Gasteiger partial charge in [-0.05, 0) is 57.2 Å². The molecule has 14 nitrogen and oxygen atoms in total. The Balaban J connectivity index is 1.64. The number of fused-ring (bicyclic) bond motifs is 1. The number of hydrogen-bond donors (Lipinski definition) is 5. The van der Waals surface area contributed by atoms with E-state index in [1.807, 2.05) is 0 Å². The van der Waals surface area contributed by atoms with Gasteiger partial charge in [-0.2, -0.15) is 26.3 Å². The highest BCUT2D eigenvalue weighted by atomic mass is 19.4. The van der Waals surface area contributed by atoms with Crippen LogP contribution < -0.4 is 21.3 Å². The summed E-state index contributed by atoms with van der Waals surface area (Å²) < 4.78 is 86.0. The van der Waals surface area contributed by atoms with Gasteiger partial charge in [-0.3, -0.25) is 24.0 Å². The number of aliphatic carboxylic acids is 1. The van der Waals surface area contributed by atoms with Gasteiger partial charge in [0.1, 0.15) is 23.9 Å². The zero-order chi connectivity index (χ0) is 37.7. The van der Waals surface area contributed by atoms with Gasteiger partial charge < -0.3 is 35.8 Å². The first kappa shape index (κ1) is 38.6. The number of carboxylic acids is 1. The Morgan fingerprint density at radius 3 is 2.37 bits per heavy atom. The fourth-order valence-electron chi connectivity index (χ4n) is 5.80. The van der Waals surface area contributed by atoms with Gasteiger partial charge in [-0.15, -0.1) is 0 Å². The zero-order valence-corrected chi connectivity index (χ0v) is 26.9. The molecule has 2 saturated heterocycles. The van der Waals surface area contributed by atoms with Gasteiger partial charge in [0.05, 0.1) is 28.8 Å². The second kappa shape index (κ2) is 15.8. The molecule has 51 heavy (non-hydrogen) atoms. The van der Waals surface area contributed by atoms with Gasteiger partial charge in [0.2, 0.25) is 23.6 Å². The van der Waals surface area contributed by atoms with Crippen LogP contribution in [0.1, 0.15) is 71.5 Å². The van der Waals surface area contributed by atoms with Crippen molar-refractivity contribution in [3.05, 3.63) is 52.4 Å². The van der Waals surface area contributed by atoms with E-state index >= 15 is 0 Å². The van der Waals surface area contributed by atoms with Crippen LogP contribution in [0, 0.1) is 6.92 Å². The fourth-order valence-corrected chi connectivity index (χ4v) is 5.80. The third kappa shape index (κ3) is 10.2. The minimum absolute atomic E-state index is 0.00398. The summed E-state index contributed by atoms with van der Waals surface area (Å²) in [6.07, 6.45) is -11.3. The number of aryl methyl sites for hydroxylation is 1. The third-order valence-corrected chi connectivity index (χ3v) is 8.28. The zero-order valence-electron chi connectivity index (χ0n) is 26.9. The Labute approximate surface area is 285 Å². The molecule has 2 aliphatic rings. The predicted molar refractivity (Wildman–Crippen MR) is 160 cm³/mol. The van der Waals surface area contributed by atoms with Crippen LogP contribution in [0.25, 0.3) is 0 Å². The van der Waals surface area contributed by atoms with Crippen LogP contribution in [0.4, 0.5) is 26.3 Å². The molecule has 1 aromatic heterocycles. The molecule has 0 unspecified atom stereocenters. The van der Waals surface area contributed by atoms with Crippen molar-refractivity contribution in [3.63, 3.8) is 0 Å². The summed E-state index contributed by atoms with van der Waals surface area (Å²) in [5.74, 6) is -5.82. The second-order valence-electron chi connectivity index (χ2n) is 12.2. The maximum absolute atomic E-state index is 14.0. The largest absolute Gasteiger partial charge is 0.480 e.